The predicted molar refractivity (Wildman–Crippen MR) is 122 cm³/mol. The SMILES string of the molecule is Cc1cc(CSc2ccccc2C(=O)N2CCCN(S(=O)(=O)c3c(C)noc3C)CC2)on1. The van der Waals surface area contributed by atoms with Gasteiger partial charge >= 0.3 is 0 Å². The topological polar surface area (TPSA) is 110 Å². The highest BCUT2D eigenvalue weighted by molar-refractivity contribution is 7.98. The molecule has 1 aliphatic heterocycles. The van der Waals surface area contributed by atoms with Crippen LogP contribution in [0.2, 0.25) is 0 Å². The summed E-state index contributed by atoms with van der Waals surface area (Å²) in [7, 11) is -3.74. The molecule has 0 aliphatic carbocycles. The minimum absolute atomic E-state index is 0.108. The smallest absolute Gasteiger partial charge is 0.255 e. The third kappa shape index (κ3) is 4.99. The number of amides is 1. The molecule has 0 bridgehead atoms. The van der Waals surface area contributed by atoms with Gasteiger partial charge in [0.05, 0.1) is 17.0 Å². The van der Waals surface area contributed by atoms with E-state index in [-0.39, 0.29) is 23.1 Å². The molecular weight excluding hydrogens is 464 g/mol. The third-order valence-electron chi connectivity index (χ3n) is 5.47. The normalized spacial score (nSPS) is 15.5. The Hall–Kier alpha value is -2.63. The number of carbonyl (C=O) groups excluding carboxylic acids is 1. The van der Waals surface area contributed by atoms with Crippen molar-refractivity contribution in [2.75, 3.05) is 26.2 Å². The molecule has 0 unspecified atom stereocenters. The lowest BCUT2D eigenvalue weighted by Gasteiger charge is -2.22. The van der Waals surface area contributed by atoms with Crippen LogP contribution in [0.15, 0.2) is 49.2 Å². The molecule has 0 saturated carbocycles. The molecule has 1 fully saturated rings. The molecule has 3 aromatic rings. The highest BCUT2D eigenvalue weighted by Crippen LogP contribution is 2.29. The molecule has 0 atom stereocenters. The van der Waals surface area contributed by atoms with E-state index in [1.165, 1.54) is 16.1 Å². The van der Waals surface area contributed by atoms with Crippen molar-refractivity contribution < 1.29 is 22.3 Å². The maximum Gasteiger partial charge on any atom is 0.255 e. The Bertz CT molecular complexity index is 1230. The van der Waals surface area contributed by atoms with Crippen molar-refractivity contribution in [2.24, 2.45) is 0 Å². The van der Waals surface area contributed by atoms with Gasteiger partial charge in [-0.1, -0.05) is 22.4 Å². The maximum atomic E-state index is 13.4. The van der Waals surface area contributed by atoms with Crippen LogP contribution >= 0.6 is 11.8 Å². The molecule has 0 spiro atoms. The predicted octanol–water partition coefficient (Wildman–Crippen LogP) is 3.42. The number of aromatic nitrogens is 2. The van der Waals surface area contributed by atoms with Crippen molar-refractivity contribution in [1.29, 1.82) is 0 Å². The fraction of sp³-hybridized carbons (Fsp3) is 0.409. The molecule has 9 nitrogen and oxygen atoms in total. The van der Waals surface area contributed by atoms with Crippen LogP contribution in [0.3, 0.4) is 0 Å². The van der Waals surface area contributed by atoms with Crippen LogP contribution in [-0.2, 0) is 15.8 Å². The average Bonchev–Trinajstić information content (AvgIpc) is 3.25. The summed E-state index contributed by atoms with van der Waals surface area (Å²) < 4.78 is 38.1. The van der Waals surface area contributed by atoms with Gasteiger partial charge in [0.2, 0.25) is 10.0 Å². The second kappa shape index (κ2) is 9.70. The van der Waals surface area contributed by atoms with E-state index in [9.17, 15) is 13.2 Å². The number of sulfonamides is 1. The van der Waals surface area contributed by atoms with Crippen LogP contribution in [0.5, 0.6) is 0 Å². The first kappa shape index (κ1) is 23.5. The fourth-order valence-electron chi connectivity index (χ4n) is 3.88. The number of rotatable bonds is 6. The van der Waals surface area contributed by atoms with Crippen molar-refractivity contribution in [3.63, 3.8) is 0 Å². The first-order valence-electron chi connectivity index (χ1n) is 10.6. The van der Waals surface area contributed by atoms with E-state index in [1.54, 1.807) is 24.8 Å². The van der Waals surface area contributed by atoms with Gasteiger partial charge < -0.3 is 13.9 Å². The zero-order valence-electron chi connectivity index (χ0n) is 18.8. The summed E-state index contributed by atoms with van der Waals surface area (Å²) in [6, 6.07) is 9.32. The molecule has 33 heavy (non-hydrogen) atoms. The van der Waals surface area contributed by atoms with Gasteiger partial charge in [-0.25, -0.2) is 8.42 Å². The van der Waals surface area contributed by atoms with Gasteiger partial charge in [0, 0.05) is 37.1 Å². The summed E-state index contributed by atoms with van der Waals surface area (Å²) >= 11 is 1.51. The van der Waals surface area contributed by atoms with E-state index in [0.717, 1.165) is 16.3 Å². The second-order valence-corrected chi connectivity index (χ2v) is 10.8. The number of thioether (sulfide) groups is 1. The molecule has 1 saturated heterocycles. The Balaban J connectivity index is 1.47. The number of carbonyl (C=O) groups is 1. The molecule has 1 amide bonds. The largest absolute Gasteiger partial charge is 0.360 e. The van der Waals surface area contributed by atoms with E-state index in [1.807, 2.05) is 31.2 Å². The lowest BCUT2D eigenvalue weighted by molar-refractivity contribution is 0.0760. The van der Waals surface area contributed by atoms with Crippen molar-refractivity contribution in [3.8, 4) is 0 Å². The molecule has 0 N–H and O–H groups in total. The Morgan fingerprint density at radius 2 is 1.85 bits per heavy atom. The fourth-order valence-corrected chi connectivity index (χ4v) is 6.56. The van der Waals surface area contributed by atoms with Gasteiger partial charge in [0.15, 0.2) is 5.76 Å². The Kier molecular flexibility index (Phi) is 6.91. The average molecular weight is 491 g/mol. The summed E-state index contributed by atoms with van der Waals surface area (Å²) in [6.45, 7) is 6.40. The standard InChI is InChI=1S/C22H26N4O5S2/c1-15-13-18(31-23-15)14-32-20-8-5-4-7-19(20)22(27)25-9-6-10-26(12-11-25)33(28,29)21-16(2)24-30-17(21)3/h4-5,7-8,13H,6,9-12,14H2,1-3H3. The van der Waals surface area contributed by atoms with Crippen LogP contribution in [0.25, 0.3) is 0 Å². The van der Waals surface area contributed by atoms with Crippen LogP contribution in [0.1, 0.15) is 39.7 Å². The highest BCUT2D eigenvalue weighted by Gasteiger charge is 2.33. The van der Waals surface area contributed by atoms with Gasteiger partial charge in [-0.05, 0) is 39.3 Å². The second-order valence-electron chi connectivity index (χ2n) is 7.92. The number of nitrogens with zero attached hydrogens (tertiary/aromatic N) is 4. The monoisotopic (exact) mass is 490 g/mol. The first-order valence-corrected chi connectivity index (χ1v) is 13.1. The number of benzene rings is 1. The summed E-state index contributed by atoms with van der Waals surface area (Å²) in [5, 5.41) is 7.67. The van der Waals surface area contributed by atoms with E-state index in [0.29, 0.717) is 43.1 Å². The van der Waals surface area contributed by atoms with E-state index < -0.39 is 10.0 Å². The van der Waals surface area contributed by atoms with E-state index in [4.69, 9.17) is 9.05 Å². The molecule has 1 aromatic carbocycles. The molecule has 0 radical (unpaired) electrons. The van der Waals surface area contributed by atoms with Gasteiger partial charge in [-0.2, -0.15) is 4.31 Å². The lowest BCUT2D eigenvalue weighted by Crippen LogP contribution is -2.37. The molecule has 1 aliphatic rings. The summed E-state index contributed by atoms with van der Waals surface area (Å²) in [5.41, 5.74) is 1.76. The van der Waals surface area contributed by atoms with E-state index >= 15 is 0 Å². The summed E-state index contributed by atoms with van der Waals surface area (Å²) in [6.07, 6.45) is 0.543. The first-order chi connectivity index (χ1) is 15.8. The number of hydrogen-bond donors (Lipinski definition) is 0. The lowest BCUT2D eigenvalue weighted by atomic mass is 10.2. The molecule has 4 rings (SSSR count). The quantitative estimate of drug-likeness (QED) is 0.484. The summed E-state index contributed by atoms with van der Waals surface area (Å²) in [5.74, 6) is 1.48. The van der Waals surface area contributed by atoms with Crippen LogP contribution in [0, 0.1) is 20.8 Å². The van der Waals surface area contributed by atoms with E-state index in [2.05, 4.69) is 10.3 Å². The molecule has 2 aromatic heterocycles. The van der Waals surface area contributed by atoms with Crippen molar-refractivity contribution in [2.45, 2.75) is 42.7 Å². The Morgan fingerprint density at radius 1 is 1.06 bits per heavy atom. The highest BCUT2D eigenvalue weighted by atomic mass is 32.2. The minimum atomic E-state index is -3.74. The van der Waals surface area contributed by atoms with Crippen molar-refractivity contribution in [3.05, 3.63) is 58.8 Å². The minimum Gasteiger partial charge on any atom is -0.360 e. The van der Waals surface area contributed by atoms with Crippen LogP contribution in [-0.4, -0.2) is 60.0 Å². The van der Waals surface area contributed by atoms with Crippen molar-refractivity contribution >= 4 is 27.7 Å². The zero-order valence-corrected chi connectivity index (χ0v) is 20.4. The maximum absolute atomic E-state index is 13.4. The van der Waals surface area contributed by atoms with Gasteiger partial charge in [0.25, 0.3) is 5.91 Å². The molecule has 11 heteroatoms. The molecule has 3 heterocycles. The summed E-state index contributed by atoms with van der Waals surface area (Å²) in [4.78, 5) is 16.1. The molecular formula is C22H26N4O5S2. The van der Waals surface area contributed by atoms with Gasteiger partial charge in [-0.15, -0.1) is 11.8 Å². The third-order valence-corrected chi connectivity index (χ3v) is 8.71. The van der Waals surface area contributed by atoms with Crippen LogP contribution < -0.4 is 0 Å². The number of hydrogen-bond acceptors (Lipinski definition) is 8. The zero-order chi connectivity index (χ0) is 23.6. The van der Waals surface area contributed by atoms with Crippen molar-refractivity contribution in [1.82, 2.24) is 19.5 Å². The van der Waals surface area contributed by atoms with Gasteiger partial charge in [-0.3, -0.25) is 4.79 Å². The molecule has 176 valence electrons. The Labute approximate surface area is 197 Å². The number of aryl methyl sites for hydroxylation is 3. The van der Waals surface area contributed by atoms with Gasteiger partial charge in [0.1, 0.15) is 16.3 Å². The Morgan fingerprint density at radius 3 is 2.55 bits per heavy atom. The van der Waals surface area contributed by atoms with Crippen LogP contribution in [0.4, 0.5) is 0 Å².